The van der Waals surface area contributed by atoms with Crippen molar-refractivity contribution in [1.82, 2.24) is 9.55 Å². The van der Waals surface area contributed by atoms with Crippen LogP contribution in [0.15, 0.2) is 152 Å². The Morgan fingerprint density at radius 3 is 1.68 bits per heavy atom. The van der Waals surface area contributed by atoms with Crippen LogP contribution in [0.4, 0.5) is 0 Å². The molecule has 2 N–H and O–H groups in total. The number of nitrogens with zero attached hydrogens (tertiary/aromatic N) is 2. The van der Waals surface area contributed by atoms with Crippen LogP contribution in [-0.2, 0) is 5.21 Å². The molecular formula is C45H27B3N2O2S. The summed E-state index contributed by atoms with van der Waals surface area (Å²) >= 11 is 1.83. The molecule has 8 heteroatoms. The topological polar surface area (TPSA) is 58.3 Å². The van der Waals surface area contributed by atoms with Crippen molar-refractivity contribution in [2.75, 3.05) is 0 Å². The van der Waals surface area contributed by atoms with Gasteiger partial charge in [0.25, 0.3) is 0 Å². The molecule has 244 valence electrons. The van der Waals surface area contributed by atoms with E-state index in [2.05, 4.69) is 114 Å². The molecule has 0 spiro atoms. The molecule has 0 atom stereocenters. The largest absolute Gasteiger partial charge is 0.376 e. The molecule has 10 rings (SSSR count). The predicted octanol–water partition coefficient (Wildman–Crippen LogP) is 9.48. The Morgan fingerprint density at radius 1 is 0.491 bits per heavy atom. The smallest absolute Gasteiger partial charge is 0.152 e. The molecule has 0 fully saturated rings. The van der Waals surface area contributed by atoms with E-state index in [-0.39, 0.29) is 5.82 Å². The zero-order chi connectivity index (χ0) is 36.1. The Bertz CT molecular complexity index is 3050. The second kappa shape index (κ2) is 11.7. The van der Waals surface area contributed by atoms with Gasteiger partial charge in [-0.1, -0.05) is 121 Å². The van der Waals surface area contributed by atoms with E-state index in [9.17, 15) is 10.2 Å². The average molecular weight is 692 g/mol. The Kier molecular flexibility index (Phi) is 7.06. The Labute approximate surface area is 313 Å². The van der Waals surface area contributed by atoms with Crippen LogP contribution >= 0.6 is 11.3 Å². The molecule has 0 saturated carbocycles. The third-order valence-corrected chi connectivity index (χ3v) is 11.7. The molecule has 0 unspecified atom stereocenters. The first-order chi connectivity index (χ1) is 25.7. The number of benzene rings is 8. The van der Waals surface area contributed by atoms with Gasteiger partial charge in [0.05, 0.1) is 32.4 Å². The molecule has 0 saturated heterocycles. The lowest BCUT2D eigenvalue weighted by atomic mass is 9.45. The van der Waals surface area contributed by atoms with E-state index >= 15 is 0 Å². The van der Waals surface area contributed by atoms with E-state index in [0.29, 0.717) is 11.0 Å². The first-order valence-corrected chi connectivity index (χ1v) is 18.2. The summed E-state index contributed by atoms with van der Waals surface area (Å²) < 4.78 is 4.32. The fourth-order valence-electron chi connectivity index (χ4n) is 8.10. The van der Waals surface area contributed by atoms with Crippen molar-refractivity contribution in [1.29, 1.82) is 0 Å². The van der Waals surface area contributed by atoms with E-state index in [0.717, 1.165) is 38.4 Å². The van der Waals surface area contributed by atoms with Gasteiger partial charge in [0, 0.05) is 25.6 Å². The molecule has 8 aromatic carbocycles. The molecule has 0 amide bonds. The van der Waals surface area contributed by atoms with Gasteiger partial charge in [0.2, 0.25) is 0 Å². The first-order valence-electron chi connectivity index (χ1n) is 17.4. The minimum Gasteiger partial charge on any atom is -0.376 e. The number of imidazole rings is 1. The lowest BCUT2D eigenvalue weighted by molar-refractivity contribution is -0.100. The van der Waals surface area contributed by atoms with Gasteiger partial charge in [-0.3, -0.25) is 4.57 Å². The highest BCUT2D eigenvalue weighted by molar-refractivity contribution is 7.26. The van der Waals surface area contributed by atoms with Gasteiger partial charge >= 0.3 is 0 Å². The van der Waals surface area contributed by atoms with E-state index < -0.39 is 10.9 Å². The van der Waals surface area contributed by atoms with Crippen LogP contribution < -0.4 is 0 Å². The van der Waals surface area contributed by atoms with Crippen LogP contribution in [0.5, 0.6) is 0 Å². The molecule has 0 aliphatic heterocycles. The van der Waals surface area contributed by atoms with Gasteiger partial charge in [-0.25, -0.2) is 4.98 Å². The maximum Gasteiger partial charge on any atom is 0.152 e. The molecular weight excluding hydrogens is 665 g/mol. The highest BCUT2D eigenvalue weighted by Gasteiger charge is 2.41. The maximum atomic E-state index is 10.5. The lowest BCUT2D eigenvalue weighted by Gasteiger charge is -2.37. The van der Waals surface area contributed by atoms with Crippen molar-refractivity contribution in [3.63, 3.8) is 0 Å². The molecule has 4 nitrogen and oxygen atoms in total. The predicted molar refractivity (Wildman–Crippen MR) is 223 cm³/mol. The number of rotatable bonds is 5. The van der Waals surface area contributed by atoms with Crippen LogP contribution in [-0.4, -0.2) is 49.0 Å². The van der Waals surface area contributed by atoms with Crippen LogP contribution in [0.3, 0.4) is 0 Å². The standard InChI is InChI=1S/C45H27B3N2O2S/c46-44(47,45(48,51)52)43-49-35-20-8-9-21-37(35)50(43)36-25-24-32(26-12-1-2-13-27(26)36)40-28-14-3-5-16-30(28)41(31-17-6-4-15-29(31)40)34-19-11-23-39-42(34)33-18-7-10-22-38(33)53-39/h1-25,51-52H. The van der Waals surface area contributed by atoms with Crippen LogP contribution in [0.1, 0.15) is 5.82 Å². The fourth-order valence-corrected chi connectivity index (χ4v) is 9.23. The number of fused-ring (bicyclic) bond motifs is 7. The highest BCUT2D eigenvalue weighted by atomic mass is 32.1. The van der Waals surface area contributed by atoms with E-state index in [4.69, 9.17) is 23.5 Å². The zero-order valence-electron chi connectivity index (χ0n) is 28.4. The van der Waals surface area contributed by atoms with Crippen LogP contribution in [0.25, 0.3) is 91.5 Å². The number of hydrogen-bond acceptors (Lipinski definition) is 4. The molecule has 0 bridgehead atoms. The summed E-state index contributed by atoms with van der Waals surface area (Å²) in [6, 6.07) is 52.5. The van der Waals surface area contributed by atoms with Crippen LogP contribution in [0, 0.1) is 0 Å². The quantitative estimate of drug-likeness (QED) is 0.107. The van der Waals surface area contributed by atoms with E-state index in [1.807, 2.05) is 53.8 Å². The minimum atomic E-state index is -2.96. The van der Waals surface area contributed by atoms with Crippen molar-refractivity contribution in [2.24, 2.45) is 0 Å². The monoisotopic (exact) mass is 692 g/mol. The Balaban J connectivity index is 1.29. The van der Waals surface area contributed by atoms with Crippen molar-refractivity contribution in [2.45, 2.75) is 10.9 Å². The summed E-state index contributed by atoms with van der Waals surface area (Å²) in [6.07, 6.45) is 0. The maximum absolute atomic E-state index is 10.5. The minimum absolute atomic E-state index is 0.0134. The normalized spacial score (nSPS) is 12.6. The number of thiophene rings is 1. The van der Waals surface area contributed by atoms with Gasteiger partial charge in [-0.15, -0.1) is 11.3 Å². The molecule has 2 aromatic heterocycles. The summed E-state index contributed by atoms with van der Waals surface area (Å²) in [5, 5.41) is 27.8. The molecule has 10 aromatic rings. The number of para-hydroxylation sites is 2. The summed E-state index contributed by atoms with van der Waals surface area (Å²) in [5.41, 5.74) is 3.65. The van der Waals surface area contributed by atoms with Crippen molar-refractivity contribution in [3.8, 4) is 27.9 Å². The third-order valence-electron chi connectivity index (χ3n) is 10.6. The molecule has 0 aliphatic rings. The van der Waals surface area contributed by atoms with Gasteiger partial charge < -0.3 is 10.2 Å². The van der Waals surface area contributed by atoms with Crippen molar-refractivity contribution in [3.05, 3.63) is 157 Å². The van der Waals surface area contributed by atoms with E-state index in [1.54, 1.807) is 4.57 Å². The molecule has 6 radical (unpaired) electrons. The van der Waals surface area contributed by atoms with Gasteiger partial charge in [0.15, 0.2) is 7.85 Å². The summed E-state index contributed by atoms with van der Waals surface area (Å²) in [6.45, 7) is 0. The molecule has 2 heterocycles. The van der Waals surface area contributed by atoms with Gasteiger partial charge in [-0.2, -0.15) is 0 Å². The molecule has 0 aliphatic carbocycles. The Morgan fingerprint density at radius 2 is 1.02 bits per heavy atom. The van der Waals surface area contributed by atoms with Crippen molar-refractivity contribution < 1.29 is 10.2 Å². The highest BCUT2D eigenvalue weighted by Crippen LogP contribution is 2.49. The zero-order valence-corrected chi connectivity index (χ0v) is 29.2. The second-order valence-corrected chi connectivity index (χ2v) is 14.7. The lowest BCUT2D eigenvalue weighted by Crippen LogP contribution is -2.54. The number of aromatic nitrogens is 2. The SMILES string of the molecule is [B]C(O)(O)C([B])([B])c1nc2ccccc2n1-c1ccc(-c2c3ccccc3c(-c3cccc4sc5ccccc5c34)c3ccccc23)c2ccccc12. The van der Waals surface area contributed by atoms with E-state index in [1.165, 1.54) is 42.1 Å². The summed E-state index contributed by atoms with van der Waals surface area (Å²) in [4.78, 5) is 4.69. The number of hydrogen-bond donors (Lipinski definition) is 2. The third kappa shape index (κ3) is 4.69. The summed E-state index contributed by atoms with van der Waals surface area (Å²) in [7, 11) is 18.5. The van der Waals surface area contributed by atoms with Crippen LogP contribution in [0.2, 0.25) is 0 Å². The second-order valence-electron chi connectivity index (χ2n) is 13.7. The molecule has 53 heavy (non-hydrogen) atoms. The average Bonchev–Trinajstić information content (AvgIpc) is 3.76. The van der Waals surface area contributed by atoms with Gasteiger partial charge in [-0.05, 0) is 84.7 Å². The fraction of sp³-hybridized carbons (Fsp3) is 0.0444. The summed E-state index contributed by atoms with van der Waals surface area (Å²) in [5.74, 6) is 0.0134. The Hall–Kier alpha value is -5.66. The number of aliphatic hydroxyl groups is 2. The first kappa shape index (κ1) is 32.0. The van der Waals surface area contributed by atoms with Crippen molar-refractivity contribution >= 4 is 98.4 Å². The van der Waals surface area contributed by atoms with Gasteiger partial charge in [0.1, 0.15) is 11.5 Å².